The summed E-state index contributed by atoms with van der Waals surface area (Å²) in [7, 11) is 0. The number of ether oxygens (including phenoxy) is 3. The molecule has 0 bridgehead atoms. The molecule has 0 fully saturated rings. The number of nitrogens with zero attached hydrogens (tertiary/aromatic N) is 4. The maximum absolute atomic E-state index is 12.9. The van der Waals surface area contributed by atoms with Crippen molar-refractivity contribution in [3.05, 3.63) is 68.8 Å². The predicted molar refractivity (Wildman–Crippen MR) is 130 cm³/mol. The van der Waals surface area contributed by atoms with E-state index in [2.05, 4.69) is 42.8 Å². The summed E-state index contributed by atoms with van der Waals surface area (Å²) in [5.74, 6) is 1.13. The minimum Gasteiger partial charge on any atom is -0.490 e. The Kier molecular flexibility index (Phi) is 7.16. The van der Waals surface area contributed by atoms with Crippen LogP contribution in [0.2, 0.25) is 0 Å². The van der Waals surface area contributed by atoms with E-state index >= 15 is 0 Å². The van der Waals surface area contributed by atoms with Crippen LogP contribution in [0.15, 0.2) is 52.1 Å². The van der Waals surface area contributed by atoms with Gasteiger partial charge in [-0.1, -0.05) is 34.9 Å². The maximum Gasteiger partial charge on any atom is 0.338 e. The number of carbonyl (C=O) groups is 1. The number of benzene rings is 2. The van der Waals surface area contributed by atoms with E-state index in [1.807, 2.05) is 44.2 Å². The van der Waals surface area contributed by atoms with Crippen LogP contribution in [-0.2, 0) is 16.1 Å². The van der Waals surface area contributed by atoms with Gasteiger partial charge in [-0.15, -0.1) is 0 Å². The van der Waals surface area contributed by atoms with Crippen molar-refractivity contribution < 1.29 is 19.0 Å². The standard InChI is InChI=1S/C24H26BrN5O4/c1-5-32-19-12-17(11-18(25)22(19)34-13-16-9-7-8-14(3)10-16)21-20(23(31)33-6-2)15(4)26-24-27-28-29-30(21)24/h7-12,21H,5-6,13H2,1-4H3,(H,26,27,29). The van der Waals surface area contributed by atoms with Crippen LogP contribution in [0.1, 0.15) is 43.5 Å². The number of nitrogens with one attached hydrogen (secondary N) is 1. The zero-order chi connectivity index (χ0) is 24.2. The molecule has 34 heavy (non-hydrogen) atoms. The number of anilines is 1. The van der Waals surface area contributed by atoms with Crippen molar-refractivity contribution in [2.75, 3.05) is 18.5 Å². The molecule has 10 heteroatoms. The number of halogens is 1. The highest BCUT2D eigenvalue weighted by molar-refractivity contribution is 9.10. The first kappa shape index (κ1) is 23.7. The highest BCUT2D eigenvalue weighted by Gasteiger charge is 2.35. The molecule has 1 aliphatic rings. The SMILES string of the molecule is CCOC(=O)C1=C(C)Nc2nnnn2C1c1cc(Br)c(OCc2cccc(C)c2)c(OCC)c1. The Hall–Kier alpha value is -3.40. The molecule has 0 saturated carbocycles. The van der Waals surface area contributed by atoms with Crippen LogP contribution in [-0.4, -0.2) is 39.4 Å². The van der Waals surface area contributed by atoms with Crippen LogP contribution in [0.3, 0.4) is 0 Å². The summed E-state index contributed by atoms with van der Waals surface area (Å²) in [6.07, 6.45) is 0. The molecule has 1 N–H and O–H groups in total. The molecule has 2 heterocycles. The topological polar surface area (TPSA) is 100 Å². The first-order valence-electron chi connectivity index (χ1n) is 11.0. The number of esters is 1. The molecule has 1 aliphatic heterocycles. The van der Waals surface area contributed by atoms with Crippen LogP contribution in [0, 0.1) is 6.92 Å². The minimum absolute atomic E-state index is 0.254. The Labute approximate surface area is 206 Å². The van der Waals surface area contributed by atoms with Gasteiger partial charge in [0, 0.05) is 5.70 Å². The number of hydrogen-bond acceptors (Lipinski definition) is 8. The van der Waals surface area contributed by atoms with E-state index in [0.29, 0.717) is 46.4 Å². The van der Waals surface area contributed by atoms with Gasteiger partial charge in [-0.05, 0) is 77.3 Å². The van der Waals surface area contributed by atoms with Gasteiger partial charge in [-0.25, -0.2) is 4.79 Å². The van der Waals surface area contributed by atoms with Crippen LogP contribution >= 0.6 is 15.9 Å². The van der Waals surface area contributed by atoms with Gasteiger partial charge >= 0.3 is 5.97 Å². The van der Waals surface area contributed by atoms with E-state index in [1.54, 1.807) is 18.5 Å². The number of rotatable bonds is 8. The third-order valence-corrected chi connectivity index (χ3v) is 5.91. The fourth-order valence-electron chi connectivity index (χ4n) is 3.90. The number of fused-ring (bicyclic) bond motifs is 1. The van der Waals surface area contributed by atoms with Gasteiger partial charge in [0.1, 0.15) is 12.6 Å². The van der Waals surface area contributed by atoms with Crippen LogP contribution < -0.4 is 14.8 Å². The first-order valence-corrected chi connectivity index (χ1v) is 11.8. The van der Waals surface area contributed by atoms with E-state index in [-0.39, 0.29) is 6.61 Å². The van der Waals surface area contributed by atoms with Gasteiger partial charge in [-0.2, -0.15) is 4.68 Å². The van der Waals surface area contributed by atoms with Crippen molar-refractivity contribution in [1.82, 2.24) is 20.2 Å². The summed E-state index contributed by atoms with van der Waals surface area (Å²) in [5.41, 5.74) is 4.01. The Morgan fingerprint density at radius 3 is 2.71 bits per heavy atom. The normalized spacial score (nSPS) is 14.9. The molecule has 9 nitrogen and oxygen atoms in total. The summed E-state index contributed by atoms with van der Waals surface area (Å²) in [6, 6.07) is 11.3. The van der Waals surface area contributed by atoms with Crippen molar-refractivity contribution in [2.24, 2.45) is 0 Å². The van der Waals surface area contributed by atoms with Gasteiger partial charge in [0.2, 0.25) is 5.95 Å². The summed E-state index contributed by atoms with van der Waals surface area (Å²) in [5, 5.41) is 15.0. The van der Waals surface area contributed by atoms with Crippen LogP contribution in [0.25, 0.3) is 0 Å². The number of hydrogen-bond donors (Lipinski definition) is 1. The Bertz CT molecular complexity index is 1240. The van der Waals surface area contributed by atoms with Crippen molar-refractivity contribution in [3.8, 4) is 11.5 Å². The lowest BCUT2D eigenvalue weighted by molar-refractivity contribution is -0.139. The Morgan fingerprint density at radius 2 is 1.97 bits per heavy atom. The van der Waals surface area contributed by atoms with Crippen molar-refractivity contribution in [1.29, 1.82) is 0 Å². The third-order valence-electron chi connectivity index (χ3n) is 5.32. The Balaban J connectivity index is 1.75. The van der Waals surface area contributed by atoms with Crippen LogP contribution in [0.5, 0.6) is 11.5 Å². The van der Waals surface area contributed by atoms with E-state index in [0.717, 1.165) is 16.7 Å². The van der Waals surface area contributed by atoms with E-state index in [1.165, 1.54) is 0 Å². The molecule has 1 unspecified atom stereocenters. The summed E-state index contributed by atoms with van der Waals surface area (Å²) < 4.78 is 19.7. The second kappa shape index (κ2) is 10.3. The molecule has 0 spiro atoms. The lowest BCUT2D eigenvalue weighted by atomic mass is 9.95. The molecule has 0 radical (unpaired) electrons. The van der Waals surface area contributed by atoms with Gasteiger partial charge in [0.05, 0.1) is 23.3 Å². The number of allylic oxidation sites excluding steroid dienone is 1. The summed E-state index contributed by atoms with van der Waals surface area (Å²) >= 11 is 3.64. The molecule has 3 aromatic rings. The molecule has 1 atom stereocenters. The molecule has 0 aliphatic carbocycles. The quantitative estimate of drug-likeness (QED) is 0.425. The van der Waals surface area contributed by atoms with Gasteiger partial charge in [0.25, 0.3) is 0 Å². The molecule has 0 amide bonds. The van der Waals surface area contributed by atoms with Crippen molar-refractivity contribution >= 4 is 27.8 Å². The summed E-state index contributed by atoms with van der Waals surface area (Å²) in [4.78, 5) is 12.9. The maximum atomic E-state index is 12.9. The molecule has 2 aromatic carbocycles. The van der Waals surface area contributed by atoms with E-state index in [9.17, 15) is 4.79 Å². The third kappa shape index (κ3) is 4.77. The highest BCUT2D eigenvalue weighted by atomic mass is 79.9. The average molecular weight is 528 g/mol. The second-order valence-corrected chi connectivity index (χ2v) is 8.63. The molecule has 4 rings (SSSR count). The van der Waals surface area contributed by atoms with Crippen molar-refractivity contribution in [2.45, 2.75) is 40.3 Å². The monoisotopic (exact) mass is 527 g/mol. The number of aromatic nitrogens is 4. The average Bonchev–Trinajstić information content (AvgIpc) is 3.25. The highest BCUT2D eigenvalue weighted by Crippen LogP contribution is 2.43. The molecule has 0 saturated heterocycles. The fourth-order valence-corrected chi connectivity index (χ4v) is 4.47. The molecule has 1 aromatic heterocycles. The molecule has 178 valence electrons. The molecular formula is C24H26BrN5O4. The lowest BCUT2D eigenvalue weighted by Gasteiger charge is -2.28. The number of carbonyl (C=O) groups excluding carboxylic acids is 1. The van der Waals surface area contributed by atoms with Crippen molar-refractivity contribution in [3.63, 3.8) is 0 Å². The Morgan fingerprint density at radius 1 is 1.15 bits per heavy atom. The number of tetrazole rings is 1. The largest absolute Gasteiger partial charge is 0.490 e. The number of aryl methyl sites for hydroxylation is 1. The van der Waals surface area contributed by atoms with Gasteiger partial charge in [-0.3, -0.25) is 0 Å². The second-order valence-electron chi connectivity index (χ2n) is 7.77. The van der Waals surface area contributed by atoms with Gasteiger partial charge < -0.3 is 19.5 Å². The summed E-state index contributed by atoms with van der Waals surface area (Å²) in [6.45, 7) is 8.60. The zero-order valence-corrected chi connectivity index (χ0v) is 21.0. The fraction of sp³-hybridized carbons (Fsp3) is 0.333. The van der Waals surface area contributed by atoms with E-state index < -0.39 is 12.0 Å². The van der Waals surface area contributed by atoms with E-state index in [4.69, 9.17) is 14.2 Å². The molecular weight excluding hydrogens is 502 g/mol. The van der Waals surface area contributed by atoms with Crippen LogP contribution in [0.4, 0.5) is 5.95 Å². The minimum atomic E-state index is -0.605. The predicted octanol–water partition coefficient (Wildman–Crippen LogP) is 4.57. The lowest BCUT2D eigenvalue weighted by Crippen LogP contribution is -2.29. The zero-order valence-electron chi connectivity index (χ0n) is 19.5. The smallest absolute Gasteiger partial charge is 0.338 e. The first-order chi connectivity index (χ1) is 16.4. The van der Waals surface area contributed by atoms with Gasteiger partial charge in [0.15, 0.2) is 11.5 Å².